The van der Waals surface area contributed by atoms with Crippen LogP contribution < -0.4 is 5.48 Å². The maximum absolute atomic E-state index is 4.88. The lowest BCUT2D eigenvalue weighted by molar-refractivity contribution is 0.147. The quantitative estimate of drug-likeness (QED) is 0.477. The Morgan fingerprint density at radius 3 is 3.20 bits per heavy atom. The second kappa shape index (κ2) is 3.28. The Balaban J connectivity index is 2.59. The summed E-state index contributed by atoms with van der Waals surface area (Å²) in [6, 6.07) is 0. The number of nitrogens with one attached hydrogen (secondary N) is 2. The summed E-state index contributed by atoms with van der Waals surface area (Å²) in [5.74, 6) is 0. The van der Waals surface area contributed by atoms with Crippen molar-refractivity contribution in [1.82, 2.24) is 15.7 Å². The van der Waals surface area contributed by atoms with Crippen molar-refractivity contribution in [1.29, 1.82) is 0 Å². The van der Waals surface area contributed by atoms with Crippen LogP contribution in [0.1, 0.15) is 5.56 Å². The number of hydrogen-bond donors (Lipinski definition) is 2. The van der Waals surface area contributed by atoms with Gasteiger partial charge < -0.3 is 0 Å². The summed E-state index contributed by atoms with van der Waals surface area (Å²) in [4.78, 5) is 5.12. The molecule has 4 nitrogen and oxygen atoms in total. The molecule has 1 rings (SSSR count). The van der Waals surface area contributed by atoms with Crippen molar-refractivity contribution in [3.8, 4) is 0 Å². The molecule has 0 aliphatic rings. The first-order valence-corrected chi connectivity index (χ1v) is 3.07. The standard InChI is InChI=1S/C5H7N3OS/c1-9-8-5(10)4-2-6-7-3-4/h2-3H,1H3,(H,6,7)(H,8,10). The molecule has 0 bridgehead atoms. The molecule has 0 fully saturated rings. The number of nitrogens with zero attached hydrogens (tertiary/aromatic N) is 1. The van der Waals surface area contributed by atoms with Gasteiger partial charge in [-0.1, -0.05) is 12.2 Å². The van der Waals surface area contributed by atoms with Gasteiger partial charge in [-0.05, 0) is 0 Å². The monoisotopic (exact) mass is 157 g/mol. The van der Waals surface area contributed by atoms with Crippen LogP contribution in [0.4, 0.5) is 0 Å². The van der Waals surface area contributed by atoms with E-state index in [1.54, 1.807) is 12.4 Å². The predicted octanol–water partition coefficient (Wildman–Crippen LogP) is 0.236. The molecular formula is C5H7N3OS. The maximum atomic E-state index is 4.88. The van der Waals surface area contributed by atoms with Crippen LogP contribution in [0.3, 0.4) is 0 Å². The molecule has 0 aliphatic carbocycles. The Bertz CT molecular complexity index is 209. The highest BCUT2D eigenvalue weighted by Crippen LogP contribution is 1.93. The van der Waals surface area contributed by atoms with Gasteiger partial charge in [0.25, 0.3) is 0 Å². The second-order valence-corrected chi connectivity index (χ2v) is 2.03. The lowest BCUT2D eigenvalue weighted by Gasteiger charge is -1.99. The summed E-state index contributed by atoms with van der Waals surface area (Å²) in [5, 5.41) is 6.35. The van der Waals surface area contributed by atoms with Crippen LogP contribution >= 0.6 is 12.2 Å². The zero-order valence-corrected chi connectivity index (χ0v) is 6.23. The van der Waals surface area contributed by atoms with Crippen LogP contribution in [0.2, 0.25) is 0 Å². The van der Waals surface area contributed by atoms with E-state index in [0.717, 1.165) is 5.56 Å². The number of thiocarbonyl (C=S) groups is 1. The van der Waals surface area contributed by atoms with E-state index in [9.17, 15) is 0 Å². The number of hydrogen-bond acceptors (Lipinski definition) is 3. The Labute approximate surface area is 63.5 Å². The zero-order chi connectivity index (χ0) is 7.40. The first kappa shape index (κ1) is 7.17. The third kappa shape index (κ3) is 1.52. The molecule has 2 N–H and O–H groups in total. The summed E-state index contributed by atoms with van der Waals surface area (Å²) in [7, 11) is 1.51. The van der Waals surface area contributed by atoms with Crippen molar-refractivity contribution in [2.45, 2.75) is 0 Å². The summed E-state index contributed by atoms with van der Waals surface area (Å²) >= 11 is 4.88. The molecule has 1 aromatic rings. The highest BCUT2D eigenvalue weighted by atomic mass is 32.1. The van der Waals surface area contributed by atoms with E-state index in [4.69, 9.17) is 12.2 Å². The minimum Gasteiger partial charge on any atom is -0.285 e. The fraction of sp³-hybridized carbons (Fsp3) is 0.200. The van der Waals surface area contributed by atoms with E-state index < -0.39 is 0 Å². The van der Waals surface area contributed by atoms with Gasteiger partial charge in [0.1, 0.15) is 4.99 Å². The van der Waals surface area contributed by atoms with Gasteiger partial charge in [-0.25, -0.2) is 0 Å². The van der Waals surface area contributed by atoms with Gasteiger partial charge in [0.15, 0.2) is 0 Å². The van der Waals surface area contributed by atoms with Crippen LogP contribution in [0.25, 0.3) is 0 Å². The normalized spacial score (nSPS) is 9.30. The van der Waals surface area contributed by atoms with Gasteiger partial charge in [-0.3, -0.25) is 15.4 Å². The van der Waals surface area contributed by atoms with Gasteiger partial charge >= 0.3 is 0 Å². The molecule has 0 saturated heterocycles. The molecule has 0 radical (unpaired) electrons. The molecule has 5 heteroatoms. The second-order valence-electron chi connectivity index (χ2n) is 1.62. The number of aromatic amines is 1. The topological polar surface area (TPSA) is 49.9 Å². The Morgan fingerprint density at radius 1 is 1.90 bits per heavy atom. The predicted molar refractivity (Wildman–Crippen MR) is 40.4 cm³/mol. The molecule has 0 saturated carbocycles. The first-order chi connectivity index (χ1) is 4.84. The third-order valence-electron chi connectivity index (χ3n) is 0.955. The Kier molecular flexibility index (Phi) is 2.35. The van der Waals surface area contributed by atoms with Gasteiger partial charge in [-0.2, -0.15) is 5.10 Å². The molecule has 0 spiro atoms. The highest BCUT2D eigenvalue weighted by Gasteiger charge is 1.98. The summed E-state index contributed by atoms with van der Waals surface area (Å²) in [6.07, 6.45) is 3.31. The average molecular weight is 157 g/mol. The van der Waals surface area contributed by atoms with E-state index in [1.807, 2.05) is 0 Å². The largest absolute Gasteiger partial charge is 0.285 e. The molecule has 0 aliphatic heterocycles. The van der Waals surface area contributed by atoms with Crippen molar-refractivity contribution in [2.24, 2.45) is 0 Å². The van der Waals surface area contributed by atoms with Crippen LogP contribution in [0.15, 0.2) is 12.4 Å². The van der Waals surface area contributed by atoms with Gasteiger partial charge in [-0.15, -0.1) is 0 Å². The fourth-order valence-electron chi connectivity index (χ4n) is 0.527. The van der Waals surface area contributed by atoms with Crippen molar-refractivity contribution in [2.75, 3.05) is 7.11 Å². The van der Waals surface area contributed by atoms with Crippen LogP contribution in [0, 0.1) is 0 Å². The summed E-state index contributed by atoms with van der Waals surface area (Å²) < 4.78 is 0. The lowest BCUT2D eigenvalue weighted by Crippen LogP contribution is -2.19. The van der Waals surface area contributed by atoms with Crippen LogP contribution in [0.5, 0.6) is 0 Å². The summed E-state index contributed by atoms with van der Waals surface area (Å²) in [6.45, 7) is 0. The highest BCUT2D eigenvalue weighted by molar-refractivity contribution is 7.80. The van der Waals surface area contributed by atoms with Gasteiger partial charge in [0, 0.05) is 11.8 Å². The van der Waals surface area contributed by atoms with Gasteiger partial charge in [0.2, 0.25) is 0 Å². The van der Waals surface area contributed by atoms with Crippen molar-refractivity contribution >= 4 is 17.2 Å². The smallest absolute Gasteiger partial charge is 0.133 e. The number of hydroxylamine groups is 1. The van der Waals surface area contributed by atoms with E-state index in [2.05, 4.69) is 20.5 Å². The lowest BCUT2D eigenvalue weighted by atomic mass is 10.4. The van der Waals surface area contributed by atoms with Crippen LogP contribution in [-0.4, -0.2) is 22.3 Å². The molecule has 1 aromatic heterocycles. The van der Waals surface area contributed by atoms with E-state index in [0.29, 0.717) is 4.99 Å². The minimum absolute atomic E-state index is 0.524. The Hall–Kier alpha value is -0.940. The zero-order valence-electron chi connectivity index (χ0n) is 5.42. The molecule has 0 amide bonds. The van der Waals surface area contributed by atoms with E-state index in [1.165, 1.54) is 7.11 Å². The maximum Gasteiger partial charge on any atom is 0.133 e. The molecule has 0 atom stereocenters. The third-order valence-corrected chi connectivity index (χ3v) is 1.27. The molecular weight excluding hydrogens is 150 g/mol. The number of rotatable bonds is 2. The molecule has 10 heavy (non-hydrogen) atoms. The molecule has 0 unspecified atom stereocenters. The van der Waals surface area contributed by atoms with E-state index in [-0.39, 0.29) is 0 Å². The minimum atomic E-state index is 0.524. The first-order valence-electron chi connectivity index (χ1n) is 2.66. The number of H-pyrrole nitrogens is 1. The molecule has 1 heterocycles. The van der Waals surface area contributed by atoms with E-state index >= 15 is 0 Å². The van der Waals surface area contributed by atoms with Gasteiger partial charge in [0.05, 0.1) is 13.3 Å². The van der Waals surface area contributed by atoms with Crippen LogP contribution in [-0.2, 0) is 4.84 Å². The molecule has 54 valence electrons. The van der Waals surface area contributed by atoms with Crippen molar-refractivity contribution in [3.05, 3.63) is 18.0 Å². The molecule has 0 aromatic carbocycles. The Morgan fingerprint density at radius 2 is 2.70 bits per heavy atom. The number of aromatic nitrogens is 2. The fourth-order valence-corrected chi connectivity index (χ4v) is 0.722. The van der Waals surface area contributed by atoms with Crippen molar-refractivity contribution < 1.29 is 4.84 Å². The van der Waals surface area contributed by atoms with Crippen molar-refractivity contribution in [3.63, 3.8) is 0 Å². The average Bonchev–Trinajstić information content (AvgIpc) is 2.38. The SMILES string of the molecule is CONC(=S)c1cn[nH]c1. The summed E-state index contributed by atoms with van der Waals surface area (Å²) in [5.41, 5.74) is 3.34.